The first kappa shape index (κ1) is 29.9. The van der Waals surface area contributed by atoms with E-state index in [2.05, 4.69) is 78.1 Å². The number of benzene rings is 5. The van der Waals surface area contributed by atoms with E-state index in [1.807, 2.05) is 60.7 Å². The number of rotatable bonds is 17. The second-order valence-electron chi connectivity index (χ2n) is 10.7. The highest BCUT2D eigenvalue weighted by Crippen LogP contribution is 2.30. The molecule has 5 rings (SSSR count). The molecule has 1 N–H and O–H groups in total. The van der Waals surface area contributed by atoms with Crippen LogP contribution >= 0.6 is 0 Å². The highest BCUT2D eigenvalue weighted by Gasteiger charge is 2.09. The van der Waals surface area contributed by atoms with E-state index in [4.69, 9.17) is 14.2 Å². The number of unbranched alkanes of at least 4 members (excludes halogenated alkanes) is 1. The third-order valence-corrected chi connectivity index (χ3v) is 7.31. The van der Waals surface area contributed by atoms with E-state index >= 15 is 0 Å². The van der Waals surface area contributed by atoms with E-state index < -0.39 is 0 Å². The minimum Gasteiger partial charge on any atom is -0.489 e. The summed E-state index contributed by atoms with van der Waals surface area (Å²) in [5, 5.41) is 3.61. The average molecular weight is 572 g/mol. The van der Waals surface area contributed by atoms with E-state index in [1.165, 1.54) is 16.7 Å². The van der Waals surface area contributed by atoms with Gasteiger partial charge >= 0.3 is 0 Å². The van der Waals surface area contributed by atoms with Gasteiger partial charge in [-0.2, -0.15) is 0 Å². The lowest BCUT2D eigenvalue weighted by atomic mass is 10.1. The van der Waals surface area contributed by atoms with Gasteiger partial charge in [0.05, 0.1) is 0 Å². The van der Waals surface area contributed by atoms with Gasteiger partial charge in [0, 0.05) is 0 Å². The molecule has 0 bridgehead atoms. The van der Waals surface area contributed by atoms with E-state index in [0.717, 1.165) is 67.1 Å². The molecule has 0 heterocycles. The molecule has 0 fully saturated rings. The van der Waals surface area contributed by atoms with Crippen molar-refractivity contribution in [3.8, 4) is 17.2 Å². The Kier molecular flexibility index (Phi) is 11.7. The van der Waals surface area contributed by atoms with Gasteiger partial charge in [-0.25, -0.2) is 0 Å². The van der Waals surface area contributed by atoms with Gasteiger partial charge in [-0.15, -0.1) is 0 Å². The van der Waals surface area contributed by atoms with E-state index in [0.29, 0.717) is 19.8 Å². The molecule has 0 aliphatic rings. The fraction of sp³-hybridized carbons (Fsp3) is 0.231. The Balaban J connectivity index is 1.03. The van der Waals surface area contributed by atoms with Crippen LogP contribution in [0.1, 0.15) is 40.7 Å². The van der Waals surface area contributed by atoms with Crippen molar-refractivity contribution in [2.24, 2.45) is 0 Å². The second-order valence-corrected chi connectivity index (χ2v) is 10.7. The number of hydrogen-bond acceptors (Lipinski definition) is 4. The summed E-state index contributed by atoms with van der Waals surface area (Å²) < 4.78 is 18.3. The predicted octanol–water partition coefficient (Wildman–Crippen LogP) is 8.58. The molecular weight excluding hydrogens is 530 g/mol. The Morgan fingerprint density at radius 3 is 1.53 bits per heavy atom. The SMILES string of the molecule is c1ccc(COc2ccc(CCCCNCCc3ccc(OCc4ccccc4)c(OCc4ccccc4)c3)cc2)cc1. The van der Waals surface area contributed by atoms with Crippen LogP contribution in [0.2, 0.25) is 0 Å². The molecule has 4 heteroatoms. The molecular formula is C39H41NO3. The van der Waals surface area contributed by atoms with Gasteiger partial charge in [0.2, 0.25) is 0 Å². The molecule has 4 nitrogen and oxygen atoms in total. The summed E-state index contributed by atoms with van der Waals surface area (Å²) in [6.45, 7) is 3.55. The largest absolute Gasteiger partial charge is 0.489 e. The second kappa shape index (κ2) is 16.8. The lowest BCUT2D eigenvalue weighted by Gasteiger charge is -2.15. The van der Waals surface area contributed by atoms with Gasteiger partial charge in [0.25, 0.3) is 0 Å². The van der Waals surface area contributed by atoms with Crippen LogP contribution in [0.3, 0.4) is 0 Å². The Bertz CT molecular complexity index is 1470. The van der Waals surface area contributed by atoms with E-state index in [1.54, 1.807) is 0 Å². The van der Waals surface area contributed by atoms with Crippen molar-refractivity contribution in [3.63, 3.8) is 0 Å². The Morgan fingerprint density at radius 1 is 0.395 bits per heavy atom. The summed E-state index contributed by atoms with van der Waals surface area (Å²) in [5.41, 5.74) is 6.04. The van der Waals surface area contributed by atoms with Gasteiger partial charge in [-0.1, -0.05) is 109 Å². The fourth-order valence-corrected chi connectivity index (χ4v) is 4.84. The zero-order valence-corrected chi connectivity index (χ0v) is 24.8. The summed E-state index contributed by atoms with van der Waals surface area (Å²) in [5.74, 6) is 2.47. The lowest BCUT2D eigenvalue weighted by molar-refractivity contribution is 0.255. The molecule has 0 saturated heterocycles. The van der Waals surface area contributed by atoms with Crippen LogP contribution in [-0.4, -0.2) is 13.1 Å². The van der Waals surface area contributed by atoms with Crippen LogP contribution in [0.25, 0.3) is 0 Å². The minimum atomic E-state index is 0.508. The molecule has 0 aliphatic heterocycles. The lowest BCUT2D eigenvalue weighted by Crippen LogP contribution is -2.18. The molecule has 5 aromatic rings. The van der Waals surface area contributed by atoms with Crippen molar-refractivity contribution in [1.29, 1.82) is 0 Å². The van der Waals surface area contributed by atoms with Crippen molar-refractivity contribution >= 4 is 0 Å². The maximum absolute atomic E-state index is 6.24. The number of aryl methyl sites for hydroxylation is 1. The van der Waals surface area contributed by atoms with Crippen LogP contribution in [0.15, 0.2) is 133 Å². The van der Waals surface area contributed by atoms with Crippen molar-refractivity contribution in [2.45, 2.75) is 45.5 Å². The van der Waals surface area contributed by atoms with Crippen molar-refractivity contribution in [3.05, 3.63) is 161 Å². The fourth-order valence-electron chi connectivity index (χ4n) is 4.84. The third-order valence-electron chi connectivity index (χ3n) is 7.31. The average Bonchev–Trinajstić information content (AvgIpc) is 3.07. The van der Waals surface area contributed by atoms with Gasteiger partial charge < -0.3 is 19.5 Å². The molecule has 220 valence electrons. The summed E-state index contributed by atoms with van der Waals surface area (Å²) >= 11 is 0. The summed E-state index contributed by atoms with van der Waals surface area (Å²) in [6.07, 6.45) is 4.31. The predicted molar refractivity (Wildman–Crippen MR) is 175 cm³/mol. The van der Waals surface area contributed by atoms with E-state index in [9.17, 15) is 0 Å². The standard InChI is InChI=1S/C39H41NO3/c1-4-13-34(14-5-1)29-41-37-22-19-32(20-23-37)12-10-11-26-40-27-25-33-21-24-38(42-30-35-15-6-2-7-16-35)39(28-33)43-31-36-17-8-3-9-18-36/h1-9,13-24,28,40H,10-12,25-27,29-31H2. The maximum Gasteiger partial charge on any atom is 0.161 e. The summed E-state index contributed by atoms with van der Waals surface area (Å²) in [4.78, 5) is 0. The molecule has 43 heavy (non-hydrogen) atoms. The van der Waals surface area contributed by atoms with Crippen LogP contribution in [0.5, 0.6) is 17.2 Å². The van der Waals surface area contributed by atoms with Crippen LogP contribution in [0.4, 0.5) is 0 Å². The first-order chi connectivity index (χ1) is 21.3. The molecule has 0 atom stereocenters. The van der Waals surface area contributed by atoms with Gasteiger partial charge in [-0.3, -0.25) is 0 Å². The van der Waals surface area contributed by atoms with Gasteiger partial charge in [-0.05, 0) is 90.9 Å². The molecule has 5 aromatic carbocycles. The first-order valence-corrected chi connectivity index (χ1v) is 15.2. The molecule has 0 spiro atoms. The monoisotopic (exact) mass is 571 g/mol. The highest BCUT2D eigenvalue weighted by atomic mass is 16.5. The Labute approximate surface area is 256 Å². The zero-order chi connectivity index (χ0) is 29.4. The molecule has 0 unspecified atom stereocenters. The van der Waals surface area contributed by atoms with Crippen LogP contribution < -0.4 is 19.5 Å². The van der Waals surface area contributed by atoms with E-state index in [-0.39, 0.29) is 0 Å². The summed E-state index contributed by atoms with van der Waals surface area (Å²) in [7, 11) is 0. The van der Waals surface area contributed by atoms with Crippen molar-refractivity contribution in [1.82, 2.24) is 5.32 Å². The smallest absolute Gasteiger partial charge is 0.161 e. The molecule has 0 radical (unpaired) electrons. The zero-order valence-electron chi connectivity index (χ0n) is 24.8. The summed E-state index contributed by atoms with van der Waals surface area (Å²) in [6, 6.07) is 45.5. The Morgan fingerprint density at radius 2 is 0.930 bits per heavy atom. The van der Waals surface area contributed by atoms with Crippen LogP contribution in [-0.2, 0) is 32.7 Å². The molecule has 0 aliphatic carbocycles. The maximum atomic E-state index is 6.24. The molecule has 0 amide bonds. The third kappa shape index (κ3) is 10.4. The molecule has 0 saturated carbocycles. The normalized spacial score (nSPS) is 10.8. The van der Waals surface area contributed by atoms with Gasteiger partial charge in [0.1, 0.15) is 25.6 Å². The number of nitrogens with one attached hydrogen (secondary N) is 1. The minimum absolute atomic E-state index is 0.508. The molecule has 0 aromatic heterocycles. The van der Waals surface area contributed by atoms with Gasteiger partial charge in [0.15, 0.2) is 11.5 Å². The quantitative estimate of drug-likeness (QED) is 0.114. The number of hydrogen-bond donors (Lipinski definition) is 1. The highest BCUT2D eigenvalue weighted by molar-refractivity contribution is 5.43. The van der Waals surface area contributed by atoms with Crippen LogP contribution in [0, 0.1) is 0 Å². The number of ether oxygens (including phenoxy) is 3. The van der Waals surface area contributed by atoms with Crippen molar-refractivity contribution < 1.29 is 14.2 Å². The van der Waals surface area contributed by atoms with Crippen molar-refractivity contribution in [2.75, 3.05) is 13.1 Å². The topological polar surface area (TPSA) is 39.7 Å². The Hall–Kier alpha value is -4.54. The first-order valence-electron chi connectivity index (χ1n) is 15.2.